The van der Waals surface area contributed by atoms with Gasteiger partial charge in [0.25, 0.3) is 0 Å². The third kappa shape index (κ3) is 7.19. The number of fused-ring (bicyclic) bond motifs is 5. The molecule has 1 aliphatic heterocycles. The number of nitrogens with zero attached hydrogens (tertiary/aromatic N) is 1. The number of aliphatic hydroxyl groups is 1. The average Bonchev–Trinajstić information content (AvgIpc) is 3.66. The van der Waals surface area contributed by atoms with Crippen molar-refractivity contribution in [2.75, 3.05) is 13.1 Å². The Bertz CT molecular complexity index is 1380. The van der Waals surface area contributed by atoms with Gasteiger partial charge in [0.15, 0.2) is 0 Å². The van der Waals surface area contributed by atoms with E-state index in [1.54, 1.807) is 0 Å². The number of carbonyl (C=O) groups is 4. The Morgan fingerprint density at radius 2 is 1.67 bits per heavy atom. The molecule has 1 saturated heterocycles. The van der Waals surface area contributed by atoms with E-state index in [1.807, 2.05) is 25.7 Å². The maximum absolute atomic E-state index is 13.1. The second-order valence-electron chi connectivity index (χ2n) is 18.4. The lowest BCUT2D eigenvalue weighted by molar-refractivity contribution is -0.131. The fourth-order valence-corrected chi connectivity index (χ4v) is 12.0. The first kappa shape index (κ1) is 36.3. The van der Waals surface area contributed by atoms with E-state index in [4.69, 9.17) is 0 Å². The summed E-state index contributed by atoms with van der Waals surface area (Å²) in [5.74, 6) is 3.08. The van der Waals surface area contributed by atoms with Gasteiger partial charge >= 0.3 is 0 Å². The summed E-state index contributed by atoms with van der Waals surface area (Å²) in [5.41, 5.74) is 1.73. The van der Waals surface area contributed by atoms with E-state index in [0.717, 1.165) is 43.4 Å². The number of nitrogens with one attached hydrogen (secondary N) is 2. The third-order valence-electron chi connectivity index (χ3n) is 14.4. The van der Waals surface area contributed by atoms with Gasteiger partial charge in [-0.15, -0.1) is 0 Å². The molecule has 6 aliphatic rings. The SMILES string of the molecule is C[C@H](CCC(=O)NCCC1=CC(=O)C(=O)C=C1N1CCC[C@H]1C(=O)NC(C)(C)C)C1CC[C@H]2[C@@H]3CC[C@@H]4C[C@H](O)CC[C@]4(C)[C@H]3CC[C@]12C. The Labute approximate surface area is 294 Å². The van der Waals surface area contributed by atoms with Gasteiger partial charge in [0.1, 0.15) is 6.04 Å². The highest BCUT2D eigenvalue weighted by Crippen LogP contribution is 2.68. The van der Waals surface area contributed by atoms with Crippen LogP contribution in [-0.4, -0.2) is 64.2 Å². The predicted octanol–water partition coefficient (Wildman–Crippen LogP) is 6.27. The lowest BCUT2D eigenvalue weighted by atomic mass is 9.44. The molecule has 8 nitrogen and oxygen atoms in total. The van der Waals surface area contributed by atoms with Crippen LogP contribution in [0.15, 0.2) is 23.4 Å². The molecule has 4 saturated carbocycles. The standard InChI is InChI=1S/C41H63N3O5/c1-25(30-12-13-31-29-11-10-27-23-28(45)15-18-40(27,5)32(29)16-19-41(30,31)6)9-14-37(48)42-20-17-26-22-35(46)36(47)24-34(26)44-21-7-8-33(44)38(49)43-39(2,3)4/h22,24-25,27-33,45H,7-21,23H2,1-6H3,(H,42,48)(H,43,49)/t25-,27-,28-,29+,30?,31+,32+,33+,40+,41-/m1/s1. The molecule has 0 aromatic carbocycles. The minimum atomic E-state index is -0.564. The molecule has 1 heterocycles. The summed E-state index contributed by atoms with van der Waals surface area (Å²) in [5, 5.41) is 16.6. The van der Waals surface area contributed by atoms with Gasteiger partial charge < -0.3 is 20.6 Å². The van der Waals surface area contributed by atoms with Gasteiger partial charge in [-0.05, 0) is 162 Å². The van der Waals surface area contributed by atoms with Gasteiger partial charge in [-0.2, -0.15) is 0 Å². The fourth-order valence-electron chi connectivity index (χ4n) is 12.0. The van der Waals surface area contributed by atoms with Crippen LogP contribution in [0.25, 0.3) is 0 Å². The quantitative estimate of drug-likeness (QED) is 0.196. The Morgan fingerprint density at radius 1 is 0.959 bits per heavy atom. The zero-order chi connectivity index (χ0) is 35.3. The zero-order valence-corrected chi connectivity index (χ0v) is 31.1. The maximum Gasteiger partial charge on any atom is 0.243 e. The number of aliphatic hydroxyl groups excluding tert-OH is 1. The van der Waals surface area contributed by atoms with Crippen LogP contribution in [0.3, 0.4) is 0 Å². The van der Waals surface area contributed by atoms with Gasteiger partial charge in [-0.3, -0.25) is 19.2 Å². The number of hydrogen-bond acceptors (Lipinski definition) is 6. The highest BCUT2D eigenvalue weighted by atomic mass is 16.3. The second kappa shape index (κ2) is 13.9. The van der Waals surface area contributed by atoms with Gasteiger partial charge in [0.05, 0.1) is 6.10 Å². The molecule has 3 N–H and O–H groups in total. The number of rotatable bonds is 9. The van der Waals surface area contributed by atoms with Crippen molar-refractivity contribution in [2.24, 2.45) is 46.3 Å². The van der Waals surface area contributed by atoms with Gasteiger partial charge in [0, 0.05) is 36.8 Å². The molecular formula is C41H63N3O5. The van der Waals surface area contributed by atoms with Crippen molar-refractivity contribution in [3.05, 3.63) is 23.4 Å². The van der Waals surface area contributed by atoms with E-state index in [-0.39, 0.29) is 23.5 Å². The van der Waals surface area contributed by atoms with Crippen molar-refractivity contribution in [3.8, 4) is 0 Å². The molecule has 0 bridgehead atoms. The number of amides is 2. The van der Waals surface area contributed by atoms with E-state index in [2.05, 4.69) is 31.4 Å². The first-order chi connectivity index (χ1) is 23.1. The van der Waals surface area contributed by atoms with E-state index < -0.39 is 17.6 Å². The van der Waals surface area contributed by atoms with Crippen molar-refractivity contribution in [1.29, 1.82) is 0 Å². The number of carbonyl (C=O) groups excluding carboxylic acids is 4. The van der Waals surface area contributed by atoms with Crippen LogP contribution < -0.4 is 10.6 Å². The number of ketones is 2. The summed E-state index contributed by atoms with van der Waals surface area (Å²) < 4.78 is 0. The van der Waals surface area contributed by atoms with Crippen LogP contribution in [0.5, 0.6) is 0 Å². The Balaban J connectivity index is 1.01. The molecule has 5 aliphatic carbocycles. The molecule has 49 heavy (non-hydrogen) atoms. The summed E-state index contributed by atoms with van der Waals surface area (Å²) in [6.07, 6.45) is 17.0. The van der Waals surface area contributed by atoms with E-state index in [1.165, 1.54) is 57.1 Å². The van der Waals surface area contributed by atoms with Crippen LogP contribution in [0.2, 0.25) is 0 Å². The summed E-state index contributed by atoms with van der Waals surface area (Å²) in [6.45, 7) is 14.4. The molecular weight excluding hydrogens is 614 g/mol. The van der Waals surface area contributed by atoms with Crippen LogP contribution >= 0.6 is 0 Å². The minimum Gasteiger partial charge on any atom is -0.393 e. The lowest BCUT2D eigenvalue weighted by Gasteiger charge is -2.61. The molecule has 272 valence electrons. The summed E-state index contributed by atoms with van der Waals surface area (Å²) >= 11 is 0. The van der Waals surface area contributed by atoms with Crippen molar-refractivity contribution < 1.29 is 24.3 Å². The third-order valence-corrected chi connectivity index (χ3v) is 14.4. The van der Waals surface area contributed by atoms with Crippen LogP contribution in [0, 0.1) is 46.3 Å². The van der Waals surface area contributed by atoms with Gasteiger partial charge in [-0.1, -0.05) is 20.8 Å². The van der Waals surface area contributed by atoms with Crippen molar-refractivity contribution >= 4 is 23.4 Å². The number of allylic oxidation sites excluding steroid dienone is 3. The van der Waals surface area contributed by atoms with Crippen molar-refractivity contribution in [1.82, 2.24) is 15.5 Å². The van der Waals surface area contributed by atoms with Crippen LogP contribution in [0.4, 0.5) is 0 Å². The normalized spacial score (nSPS) is 38.2. The van der Waals surface area contributed by atoms with Gasteiger partial charge in [-0.25, -0.2) is 0 Å². The molecule has 0 aromatic heterocycles. The molecule has 6 rings (SSSR count). The largest absolute Gasteiger partial charge is 0.393 e. The van der Waals surface area contributed by atoms with E-state index >= 15 is 0 Å². The Kier molecular flexibility index (Phi) is 10.3. The van der Waals surface area contributed by atoms with Crippen LogP contribution in [-0.2, 0) is 19.2 Å². The molecule has 10 atom stereocenters. The molecule has 1 unspecified atom stereocenters. The smallest absolute Gasteiger partial charge is 0.243 e. The molecule has 8 heteroatoms. The topological polar surface area (TPSA) is 116 Å². The molecule has 0 aromatic rings. The summed E-state index contributed by atoms with van der Waals surface area (Å²) in [7, 11) is 0. The van der Waals surface area contributed by atoms with E-state index in [0.29, 0.717) is 72.2 Å². The predicted molar refractivity (Wildman–Crippen MR) is 191 cm³/mol. The number of likely N-dealkylation sites (tertiary alicyclic amines) is 1. The monoisotopic (exact) mass is 677 g/mol. The van der Waals surface area contributed by atoms with E-state index in [9.17, 15) is 24.3 Å². The lowest BCUT2D eigenvalue weighted by Crippen LogP contribution is -2.54. The maximum atomic E-state index is 13.1. The molecule has 0 spiro atoms. The highest BCUT2D eigenvalue weighted by molar-refractivity contribution is 6.46. The number of hydrogen-bond donors (Lipinski definition) is 3. The van der Waals surface area contributed by atoms with Crippen LogP contribution in [0.1, 0.15) is 131 Å². The molecule has 0 radical (unpaired) electrons. The first-order valence-electron chi connectivity index (χ1n) is 19.6. The van der Waals surface area contributed by atoms with Gasteiger partial charge in [0.2, 0.25) is 23.4 Å². The average molecular weight is 678 g/mol. The molecule has 2 amide bonds. The summed E-state index contributed by atoms with van der Waals surface area (Å²) in [6, 6.07) is -0.391. The summed E-state index contributed by atoms with van der Waals surface area (Å²) in [4.78, 5) is 53.0. The highest BCUT2D eigenvalue weighted by Gasteiger charge is 2.60. The fraction of sp³-hybridized carbons (Fsp3) is 0.805. The Hall–Kier alpha value is -2.48. The molecule has 5 fully saturated rings. The minimum absolute atomic E-state index is 0.0361. The van der Waals surface area contributed by atoms with Crippen molar-refractivity contribution in [3.63, 3.8) is 0 Å². The van der Waals surface area contributed by atoms with Crippen molar-refractivity contribution in [2.45, 2.75) is 149 Å². The zero-order valence-electron chi connectivity index (χ0n) is 31.1. The first-order valence-corrected chi connectivity index (χ1v) is 19.6. The second-order valence-corrected chi connectivity index (χ2v) is 18.4. The Morgan fingerprint density at radius 3 is 2.43 bits per heavy atom.